The average Bonchev–Trinajstić information content (AvgIpc) is 3.15. The number of amides is 2. The van der Waals surface area contributed by atoms with Crippen molar-refractivity contribution in [1.82, 2.24) is 9.78 Å². The Morgan fingerprint density at radius 3 is 2.43 bits per heavy atom. The summed E-state index contributed by atoms with van der Waals surface area (Å²) in [5.41, 5.74) is 3.45. The van der Waals surface area contributed by atoms with Crippen molar-refractivity contribution < 1.29 is 9.59 Å². The molecule has 7 heteroatoms. The molecule has 0 bridgehead atoms. The molecule has 0 atom stereocenters. The van der Waals surface area contributed by atoms with Gasteiger partial charge in [0.2, 0.25) is 0 Å². The van der Waals surface area contributed by atoms with E-state index in [4.69, 9.17) is 0 Å². The first-order chi connectivity index (χ1) is 14.6. The summed E-state index contributed by atoms with van der Waals surface area (Å²) < 4.78 is 1.63. The van der Waals surface area contributed by atoms with Crippen molar-refractivity contribution in [2.75, 3.05) is 17.2 Å². The third-order valence-corrected chi connectivity index (χ3v) is 4.71. The Kier molecular flexibility index (Phi) is 5.52. The Balaban J connectivity index is 1.45. The summed E-state index contributed by atoms with van der Waals surface area (Å²) >= 11 is 0. The summed E-state index contributed by atoms with van der Waals surface area (Å²) in [5.74, 6) is 0.235. The highest BCUT2D eigenvalue weighted by molar-refractivity contribution is 6.18. The number of hydrogen-bond donors (Lipinski definition) is 2. The zero-order chi connectivity index (χ0) is 20.9. The van der Waals surface area contributed by atoms with Crippen LogP contribution in [0.2, 0.25) is 0 Å². The second kappa shape index (κ2) is 8.57. The molecule has 1 aromatic heterocycles. The molecule has 0 saturated carbocycles. The minimum absolute atomic E-state index is 0.171. The molecule has 2 heterocycles. The monoisotopic (exact) mass is 399 g/mol. The van der Waals surface area contributed by atoms with Gasteiger partial charge in [0.15, 0.2) is 0 Å². The van der Waals surface area contributed by atoms with Crippen molar-refractivity contribution in [2.24, 2.45) is 12.0 Å². The van der Waals surface area contributed by atoms with Crippen molar-refractivity contribution in [3.8, 4) is 11.3 Å². The van der Waals surface area contributed by atoms with Gasteiger partial charge in [0.05, 0.1) is 11.3 Å². The predicted octanol–water partition coefficient (Wildman–Crippen LogP) is 3.68. The molecule has 1 aliphatic heterocycles. The van der Waals surface area contributed by atoms with Crippen molar-refractivity contribution >= 4 is 29.5 Å². The maximum Gasteiger partial charge on any atom is 0.256 e. The van der Waals surface area contributed by atoms with Crippen LogP contribution in [0, 0.1) is 0 Å². The molecule has 3 aromatic rings. The summed E-state index contributed by atoms with van der Waals surface area (Å²) in [5, 5.41) is 10.2. The van der Waals surface area contributed by atoms with E-state index in [0.717, 1.165) is 24.2 Å². The number of nitrogens with one attached hydrogen (secondary N) is 2. The molecule has 0 radical (unpaired) electrons. The van der Waals surface area contributed by atoms with E-state index in [1.807, 2.05) is 54.6 Å². The second-order valence-electron chi connectivity index (χ2n) is 6.87. The van der Waals surface area contributed by atoms with Gasteiger partial charge in [-0.15, -0.1) is 0 Å². The number of carbonyl (C=O) groups excluding carboxylic acids is 2. The second-order valence-corrected chi connectivity index (χ2v) is 6.87. The Labute approximate surface area is 174 Å². The molecule has 2 N–H and O–H groups in total. The van der Waals surface area contributed by atoms with E-state index >= 15 is 0 Å². The molecule has 0 fully saturated rings. The third kappa shape index (κ3) is 4.35. The molecule has 2 amide bonds. The SMILES string of the molecule is Cn1nc(-c2ccc(NC(=O)C3=CCCN=C3)cc2)cc1NC(=O)c1ccccc1. The minimum Gasteiger partial charge on any atom is -0.322 e. The summed E-state index contributed by atoms with van der Waals surface area (Å²) in [6, 6.07) is 18.2. The lowest BCUT2D eigenvalue weighted by Crippen LogP contribution is -2.16. The summed E-state index contributed by atoms with van der Waals surface area (Å²) in [6.45, 7) is 0.726. The molecule has 1 aliphatic rings. The number of dihydropyridines is 1. The standard InChI is InChI=1S/C23H21N5O2/c1-28-21(26-22(29)17-6-3-2-4-7-17)14-20(27-28)16-9-11-19(12-10-16)25-23(30)18-8-5-13-24-15-18/h2-4,6-12,14-15H,5,13H2,1H3,(H,25,30)(H,26,29). The van der Waals surface area contributed by atoms with Crippen molar-refractivity contribution in [3.63, 3.8) is 0 Å². The van der Waals surface area contributed by atoms with Gasteiger partial charge in [-0.1, -0.05) is 36.4 Å². The first-order valence-corrected chi connectivity index (χ1v) is 9.62. The van der Waals surface area contributed by atoms with Crippen LogP contribution >= 0.6 is 0 Å². The lowest BCUT2D eigenvalue weighted by Gasteiger charge is -2.08. The molecule has 0 aliphatic carbocycles. The Morgan fingerprint density at radius 2 is 1.73 bits per heavy atom. The van der Waals surface area contributed by atoms with Crippen LogP contribution in [0.15, 0.2) is 77.3 Å². The van der Waals surface area contributed by atoms with Crippen LogP contribution in [0.5, 0.6) is 0 Å². The quantitative estimate of drug-likeness (QED) is 0.686. The number of aromatic nitrogens is 2. The van der Waals surface area contributed by atoms with E-state index in [0.29, 0.717) is 22.6 Å². The molecule has 0 unspecified atom stereocenters. The molecule has 0 spiro atoms. The zero-order valence-electron chi connectivity index (χ0n) is 16.5. The van der Waals surface area contributed by atoms with Crippen LogP contribution in [0.1, 0.15) is 16.8 Å². The maximum absolute atomic E-state index is 12.4. The fourth-order valence-corrected chi connectivity index (χ4v) is 3.09. The van der Waals surface area contributed by atoms with E-state index in [2.05, 4.69) is 20.7 Å². The highest BCUT2D eigenvalue weighted by Crippen LogP contribution is 2.23. The molecule has 2 aromatic carbocycles. The van der Waals surface area contributed by atoms with Crippen molar-refractivity contribution in [3.05, 3.63) is 77.9 Å². The fraction of sp³-hybridized carbons (Fsp3) is 0.130. The van der Waals surface area contributed by atoms with Gasteiger partial charge in [0.25, 0.3) is 11.8 Å². The zero-order valence-corrected chi connectivity index (χ0v) is 16.5. The third-order valence-electron chi connectivity index (χ3n) is 4.71. The summed E-state index contributed by atoms with van der Waals surface area (Å²) in [7, 11) is 1.78. The van der Waals surface area contributed by atoms with Gasteiger partial charge < -0.3 is 10.6 Å². The van der Waals surface area contributed by atoms with E-state index in [1.165, 1.54) is 0 Å². The number of nitrogens with zero attached hydrogens (tertiary/aromatic N) is 3. The summed E-state index contributed by atoms with van der Waals surface area (Å²) in [4.78, 5) is 28.8. The summed E-state index contributed by atoms with van der Waals surface area (Å²) in [6.07, 6.45) is 4.27. The lowest BCUT2D eigenvalue weighted by molar-refractivity contribution is -0.112. The van der Waals surface area contributed by atoms with Crippen LogP contribution in [0.25, 0.3) is 11.3 Å². The minimum atomic E-state index is -0.191. The molecule has 30 heavy (non-hydrogen) atoms. The van der Waals surface area contributed by atoms with Crippen LogP contribution in [-0.2, 0) is 11.8 Å². The van der Waals surface area contributed by atoms with Gasteiger partial charge in [0.1, 0.15) is 5.82 Å². The van der Waals surface area contributed by atoms with Crippen LogP contribution in [0.3, 0.4) is 0 Å². The fourth-order valence-electron chi connectivity index (χ4n) is 3.09. The molecule has 7 nitrogen and oxygen atoms in total. The van der Waals surface area contributed by atoms with E-state index in [9.17, 15) is 9.59 Å². The number of hydrogen-bond acceptors (Lipinski definition) is 4. The highest BCUT2D eigenvalue weighted by atomic mass is 16.2. The van der Waals surface area contributed by atoms with Gasteiger partial charge in [-0.25, -0.2) is 0 Å². The molecular weight excluding hydrogens is 378 g/mol. The largest absolute Gasteiger partial charge is 0.322 e. The Hall–Kier alpha value is -4.00. The topological polar surface area (TPSA) is 88.4 Å². The van der Waals surface area contributed by atoms with E-state index in [-0.39, 0.29) is 11.8 Å². The molecule has 4 rings (SSSR count). The number of aliphatic imine (C=N–C) groups is 1. The highest BCUT2D eigenvalue weighted by Gasteiger charge is 2.13. The Bertz CT molecular complexity index is 1130. The number of benzene rings is 2. The lowest BCUT2D eigenvalue weighted by atomic mass is 10.1. The van der Waals surface area contributed by atoms with Crippen molar-refractivity contribution in [2.45, 2.75) is 6.42 Å². The van der Waals surface area contributed by atoms with Crippen molar-refractivity contribution in [1.29, 1.82) is 0 Å². The van der Waals surface area contributed by atoms with Gasteiger partial charge >= 0.3 is 0 Å². The Morgan fingerprint density at radius 1 is 0.967 bits per heavy atom. The first kappa shape index (κ1) is 19.3. The van der Waals surface area contributed by atoms with Crippen LogP contribution in [-0.4, -0.2) is 34.4 Å². The number of anilines is 2. The molecule has 0 saturated heterocycles. The van der Waals surface area contributed by atoms with Crippen LogP contribution in [0.4, 0.5) is 11.5 Å². The van der Waals surface area contributed by atoms with E-state index < -0.39 is 0 Å². The van der Waals surface area contributed by atoms with Gasteiger partial charge in [-0.3, -0.25) is 19.3 Å². The van der Waals surface area contributed by atoms with Crippen LogP contribution < -0.4 is 10.6 Å². The van der Waals surface area contributed by atoms with Gasteiger partial charge in [-0.2, -0.15) is 5.10 Å². The maximum atomic E-state index is 12.4. The predicted molar refractivity (Wildman–Crippen MR) is 118 cm³/mol. The van der Waals surface area contributed by atoms with Gasteiger partial charge in [0, 0.05) is 42.7 Å². The smallest absolute Gasteiger partial charge is 0.256 e. The molecule has 150 valence electrons. The number of carbonyl (C=O) groups is 2. The normalized spacial score (nSPS) is 12.9. The number of aryl methyl sites for hydroxylation is 1. The average molecular weight is 399 g/mol. The van der Waals surface area contributed by atoms with E-state index in [1.54, 1.807) is 30.1 Å². The molecular formula is C23H21N5O2. The number of rotatable bonds is 5. The van der Waals surface area contributed by atoms with Gasteiger partial charge in [-0.05, 0) is 30.7 Å². The first-order valence-electron chi connectivity index (χ1n) is 9.62.